The molecule has 0 fully saturated rings. The van der Waals surface area contributed by atoms with Crippen molar-refractivity contribution in [3.63, 3.8) is 0 Å². The van der Waals surface area contributed by atoms with Gasteiger partial charge >= 0.3 is 0 Å². The number of hydrogen-bond donors (Lipinski definition) is 1. The van der Waals surface area contributed by atoms with E-state index < -0.39 is 9.84 Å². The maximum absolute atomic E-state index is 12.2. The molecule has 1 heterocycles. The molecule has 0 saturated heterocycles. The van der Waals surface area contributed by atoms with E-state index in [0.29, 0.717) is 35.8 Å². The Labute approximate surface area is 146 Å². The number of nitrogens with one attached hydrogen (secondary N) is 1. The van der Waals surface area contributed by atoms with Crippen LogP contribution in [-0.2, 0) is 15.6 Å². The van der Waals surface area contributed by atoms with Crippen molar-refractivity contribution in [1.29, 1.82) is 0 Å². The first-order valence-electron chi connectivity index (χ1n) is 7.84. The maximum Gasteiger partial charge on any atom is 0.251 e. The molecule has 0 spiro atoms. The molecule has 25 heavy (non-hydrogen) atoms. The van der Waals surface area contributed by atoms with E-state index in [9.17, 15) is 13.2 Å². The number of hydrogen-bond acceptors (Lipinski definition) is 5. The lowest BCUT2D eigenvalue weighted by Crippen LogP contribution is -2.40. The summed E-state index contributed by atoms with van der Waals surface area (Å²) in [6.07, 6.45) is 0.918. The second kappa shape index (κ2) is 7.14. The molecule has 1 N–H and O–H groups in total. The highest BCUT2D eigenvalue weighted by molar-refractivity contribution is 7.89. The number of sulfone groups is 1. The molecular formula is C18H19NO5S. The van der Waals surface area contributed by atoms with E-state index in [1.807, 2.05) is 24.3 Å². The van der Waals surface area contributed by atoms with Crippen LogP contribution in [-0.4, -0.2) is 39.8 Å². The predicted octanol–water partition coefficient (Wildman–Crippen LogP) is 1.80. The molecule has 0 aromatic heterocycles. The Bertz CT molecular complexity index is 861. The van der Waals surface area contributed by atoms with E-state index in [4.69, 9.17) is 9.47 Å². The second-order valence-corrected chi connectivity index (χ2v) is 8.11. The molecule has 2 aromatic carbocycles. The van der Waals surface area contributed by atoms with Gasteiger partial charge in [-0.2, -0.15) is 0 Å². The largest absolute Gasteiger partial charge is 0.486 e. The van der Waals surface area contributed by atoms with Gasteiger partial charge in [-0.1, -0.05) is 24.3 Å². The van der Waals surface area contributed by atoms with Crippen LogP contribution in [0.3, 0.4) is 0 Å². The monoisotopic (exact) mass is 361 g/mol. The molecule has 0 bridgehead atoms. The smallest absolute Gasteiger partial charge is 0.251 e. The quantitative estimate of drug-likeness (QED) is 0.878. The molecule has 6 nitrogen and oxygen atoms in total. The molecule has 1 aliphatic heterocycles. The Hall–Kier alpha value is -2.54. The third-order valence-corrected chi connectivity index (χ3v) is 4.56. The summed E-state index contributed by atoms with van der Waals surface area (Å²) in [5.41, 5.74) is 1.12. The van der Waals surface area contributed by atoms with Crippen molar-refractivity contribution in [2.45, 2.75) is 11.9 Å². The van der Waals surface area contributed by atoms with Crippen molar-refractivity contribution >= 4 is 15.7 Å². The summed E-state index contributed by atoms with van der Waals surface area (Å²) >= 11 is 0. The Morgan fingerprint density at radius 3 is 2.48 bits per heavy atom. The van der Waals surface area contributed by atoms with Gasteiger partial charge in [0.25, 0.3) is 5.91 Å². The van der Waals surface area contributed by atoms with Crippen molar-refractivity contribution in [3.05, 3.63) is 59.7 Å². The minimum atomic E-state index is -3.09. The van der Waals surface area contributed by atoms with Crippen LogP contribution in [0.25, 0.3) is 0 Å². The van der Waals surface area contributed by atoms with Gasteiger partial charge in [-0.05, 0) is 29.8 Å². The van der Waals surface area contributed by atoms with Crippen molar-refractivity contribution in [2.24, 2.45) is 0 Å². The van der Waals surface area contributed by atoms with Crippen molar-refractivity contribution in [2.75, 3.05) is 19.4 Å². The van der Waals surface area contributed by atoms with Gasteiger partial charge in [0.1, 0.15) is 12.7 Å². The average Bonchev–Trinajstić information content (AvgIpc) is 2.59. The van der Waals surface area contributed by atoms with Gasteiger partial charge in [-0.3, -0.25) is 4.79 Å². The maximum atomic E-state index is 12.2. The third kappa shape index (κ3) is 4.73. The number of ether oxygens (including phenoxy) is 2. The van der Waals surface area contributed by atoms with E-state index in [1.165, 1.54) is 6.26 Å². The van der Waals surface area contributed by atoms with Crippen LogP contribution in [0.1, 0.15) is 15.9 Å². The molecule has 1 amide bonds. The van der Waals surface area contributed by atoms with Gasteiger partial charge < -0.3 is 14.8 Å². The van der Waals surface area contributed by atoms with Crippen LogP contribution < -0.4 is 14.8 Å². The molecular weight excluding hydrogens is 342 g/mol. The van der Waals surface area contributed by atoms with Crippen molar-refractivity contribution < 1.29 is 22.7 Å². The fourth-order valence-corrected chi connectivity index (χ4v) is 3.33. The van der Waals surface area contributed by atoms with Gasteiger partial charge in [0, 0.05) is 11.8 Å². The van der Waals surface area contributed by atoms with Crippen LogP contribution in [0.2, 0.25) is 0 Å². The summed E-state index contributed by atoms with van der Waals surface area (Å²) in [4.78, 5) is 12.2. The number of fused-ring (bicyclic) bond motifs is 1. The normalized spacial score (nSPS) is 16.3. The zero-order valence-corrected chi connectivity index (χ0v) is 14.6. The minimum Gasteiger partial charge on any atom is -0.486 e. The average molecular weight is 361 g/mol. The summed E-state index contributed by atoms with van der Waals surface area (Å²) in [7, 11) is -3.09. The highest BCUT2D eigenvalue weighted by Gasteiger charge is 2.21. The van der Waals surface area contributed by atoms with Gasteiger partial charge in [-0.25, -0.2) is 8.42 Å². The molecule has 0 unspecified atom stereocenters. The minimum absolute atomic E-state index is 0.0401. The molecule has 0 aliphatic carbocycles. The Balaban J connectivity index is 1.55. The lowest BCUT2D eigenvalue weighted by Gasteiger charge is -2.26. The highest BCUT2D eigenvalue weighted by atomic mass is 32.2. The van der Waals surface area contributed by atoms with Crippen molar-refractivity contribution in [1.82, 2.24) is 5.32 Å². The van der Waals surface area contributed by atoms with E-state index >= 15 is 0 Å². The van der Waals surface area contributed by atoms with Gasteiger partial charge in [0.2, 0.25) is 0 Å². The molecule has 0 saturated carbocycles. The Morgan fingerprint density at radius 1 is 1.12 bits per heavy atom. The van der Waals surface area contributed by atoms with E-state index in [1.54, 1.807) is 24.3 Å². The molecule has 7 heteroatoms. The lowest BCUT2D eigenvalue weighted by molar-refractivity contribution is 0.0789. The van der Waals surface area contributed by atoms with Crippen LogP contribution in [0.4, 0.5) is 0 Å². The second-order valence-electron chi connectivity index (χ2n) is 5.97. The molecule has 1 atom stereocenters. The standard InChI is InChI=1S/C18H19NO5S/c1-25(21,22)12-13-6-8-14(9-7-13)18(20)19-10-15-11-23-16-4-2-3-5-17(16)24-15/h2-9,15H,10-12H2,1H3,(H,19,20)/t15-/m0/s1. The topological polar surface area (TPSA) is 81.7 Å². The van der Waals surface area contributed by atoms with Crippen molar-refractivity contribution in [3.8, 4) is 11.5 Å². The summed E-state index contributed by atoms with van der Waals surface area (Å²) in [6.45, 7) is 0.683. The van der Waals surface area contributed by atoms with Crippen LogP contribution in [0.15, 0.2) is 48.5 Å². The molecule has 3 rings (SSSR count). The SMILES string of the molecule is CS(=O)(=O)Cc1ccc(C(=O)NC[C@H]2COc3ccccc3O2)cc1. The fourth-order valence-electron chi connectivity index (χ4n) is 2.53. The zero-order valence-electron chi connectivity index (χ0n) is 13.8. The number of amides is 1. The van der Waals surface area contributed by atoms with Gasteiger partial charge in [0.15, 0.2) is 21.3 Å². The van der Waals surface area contributed by atoms with E-state index in [2.05, 4.69) is 5.32 Å². The van der Waals surface area contributed by atoms with Gasteiger partial charge in [-0.15, -0.1) is 0 Å². The summed E-state index contributed by atoms with van der Waals surface area (Å²) in [5.74, 6) is 1.08. The van der Waals surface area contributed by atoms with E-state index in [0.717, 1.165) is 0 Å². The predicted molar refractivity (Wildman–Crippen MR) is 93.7 cm³/mol. The Morgan fingerprint density at radius 2 is 1.80 bits per heavy atom. The number of carbonyl (C=O) groups excluding carboxylic acids is 1. The van der Waals surface area contributed by atoms with Crippen LogP contribution in [0, 0.1) is 0 Å². The lowest BCUT2D eigenvalue weighted by atomic mass is 10.1. The first-order chi connectivity index (χ1) is 11.9. The molecule has 1 aliphatic rings. The van der Waals surface area contributed by atoms with Crippen LogP contribution in [0.5, 0.6) is 11.5 Å². The van der Waals surface area contributed by atoms with Crippen LogP contribution >= 0.6 is 0 Å². The molecule has 2 aromatic rings. The summed E-state index contributed by atoms with van der Waals surface area (Å²) < 4.78 is 33.9. The Kier molecular flexibility index (Phi) is 4.94. The number of carbonyl (C=O) groups is 1. The number of para-hydroxylation sites is 2. The highest BCUT2D eigenvalue weighted by Crippen LogP contribution is 2.30. The summed E-state index contributed by atoms with van der Waals surface area (Å²) in [5, 5.41) is 2.81. The first kappa shape index (κ1) is 17.3. The molecule has 132 valence electrons. The number of benzene rings is 2. The number of rotatable bonds is 5. The third-order valence-electron chi connectivity index (χ3n) is 3.70. The zero-order chi connectivity index (χ0) is 17.9. The summed E-state index contributed by atoms with van der Waals surface area (Å²) in [6, 6.07) is 13.9. The van der Waals surface area contributed by atoms with E-state index in [-0.39, 0.29) is 17.8 Å². The fraction of sp³-hybridized carbons (Fsp3) is 0.278. The first-order valence-corrected chi connectivity index (χ1v) is 9.90. The molecule has 0 radical (unpaired) electrons. The van der Waals surface area contributed by atoms with Gasteiger partial charge in [0.05, 0.1) is 12.3 Å².